The van der Waals surface area contributed by atoms with Gasteiger partial charge in [-0.15, -0.1) is 0 Å². The van der Waals surface area contributed by atoms with Crippen LogP contribution >= 0.6 is 0 Å². The van der Waals surface area contributed by atoms with E-state index in [2.05, 4.69) is 5.32 Å². The zero-order valence-electron chi connectivity index (χ0n) is 9.81. The quantitative estimate of drug-likeness (QED) is 0.798. The van der Waals surface area contributed by atoms with Gasteiger partial charge >= 0.3 is 0 Å². The third-order valence-corrected chi connectivity index (χ3v) is 5.46. The highest BCUT2D eigenvalue weighted by atomic mass is 32.2. The van der Waals surface area contributed by atoms with Crippen molar-refractivity contribution in [1.29, 1.82) is 0 Å². The molecule has 2 unspecified atom stereocenters. The number of nitrogens with one attached hydrogen (secondary N) is 1. The molecule has 1 heterocycles. The molecule has 0 aromatic carbocycles. The van der Waals surface area contributed by atoms with E-state index in [1.807, 2.05) is 0 Å². The molecule has 0 aromatic rings. The van der Waals surface area contributed by atoms with Crippen molar-refractivity contribution in [2.45, 2.75) is 50.3 Å². The largest absolute Gasteiger partial charge is 0.381 e. The van der Waals surface area contributed by atoms with E-state index in [4.69, 9.17) is 4.74 Å². The number of methoxy groups -OCH3 is 1. The highest BCUT2D eigenvalue weighted by Crippen LogP contribution is 2.23. The van der Waals surface area contributed by atoms with E-state index in [-0.39, 0.29) is 0 Å². The Morgan fingerprint density at radius 2 is 1.75 bits per heavy atom. The van der Waals surface area contributed by atoms with Gasteiger partial charge in [0.2, 0.25) is 0 Å². The summed E-state index contributed by atoms with van der Waals surface area (Å²) in [7, 11) is -0.965. The average molecular weight is 247 g/mol. The summed E-state index contributed by atoms with van der Waals surface area (Å²) in [5, 5.41) is 3.58. The first-order chi connectivity index (χ1) is 7.59. The molecule has 5 heteroatoms. The Morgan fingerprint density at radius 3 is 2.31 bits per heavy atom. The Bertz CT molecular complexity index is 314. The van der Waals surface area contributed by atoms with Crippen molar-refractivity contribution in [2.75, 3.05) is 18.6 Å². The maximum Gasteiger partial charge on any atom is 0.150 e. The van der Waals surface area contributed by atoms with Crippen LogP contribution in [0.5, 0.6) is 0 Å². The topological polar surface area (TPSA) is 55.4 Å². The Balaban J connectivity index is 1.75. The van der Waals surface area contributed by atoms with Crippen LogP contribution in [0.4, 0.5) is 0 Å². The zero-order chi connectivity index (χ0) is 11.6. The van der Waals surface area contributed by atoms with Crippen LogP contribution in [-0.2, 0) is 14.6 Å². The lowest BCUT2D eigenvalue weighted by Gasteiger charge is -2.26. The fourth-order valence-electron chi connectivity index (χ4n) is 2.70. The summed E-state index contributed by atoms with van der Waals surface area (Å²) < 4.78 is 27.9. The molecule has 0 bridgehead atoms. The number of hydrogen-bond donors (Lipinski definition) is 1. The lowest BCUT2D eigenvalue weighted by atomic mass is 10.1. The molecule has 0 amide bonds. The minimum Gasteiger partial charge on any atom is -0.381 e. The second-order valence-corrected chi connectivity index (χ2v) is 7.26. The summed E-state index contributed by atoms with van der Waals surface area (Å²) in [5.41, 5.74) is 0. The number of hydrogen-bond acceptors (Lipinski definition) is 4. The van der Waals surface area contributed by atoms with Gasteiger partial charge in [-0.1, -0.05) is 0 Å². The summed E-state index contributed by atoms with van der Waals surface area (Å²) in [6.07, 6.45) is 5.29. The number of sulfone groups is 1. The zero-order valence-corrected chi connectivity index (χ0v) is 10.6. The van der Waals surface area contributed by atoms with Crippen molar-refractivity contribution in [3.05, 3.63) is 0 Å². The molecule has 2 atom stereocenters. The van der Waals surface area contributed by atoms with E-state index in [0.29, 0.717) is 29.7 Å². The molecule has 1 N–H and O–H groups in total. The van der Waals surface area contributed by atoms with Crippen LogP contribution < -0.4 is 5.32 Å². The molecule has 1 saturated carbocycles. The first kappa shape index (κ1) is 12.3. The van der Waals surface area contributed by atoms with Crippen LogP contribution in [-0.4, -0.2) is 45.2 Å². The molecule has 1 aliphatic carbocycles. The van der Waals surface area contributed by atoms with Crippen LogP contribution in [0.2, 0.25) is 0 Å². The van der Waals surface area contributed by atoms with E-state index in [9.17, 15) is 8.42 Å². The van der Waals surface area contributed by atoms with Gasteiger partial charge < -0.3 is 10.1 Å². The van der Waals surface area contributed by atoms with E-state index in [1.165, 1.54) is 0 Å². The molecule has 4 nitrogen and oxygen atoms in total. The van der Waals surface area contributed by atoms with Gasteiger partial charge in [-0.05, 0) is 32.1 Å². The molecule has 2 fully saturated rings. The smallest absolute Gasteiger partial charge is 0.150 e. The third-order valence-electron chi connectivity index (χ3n) is 3.74. The van der Waals surface area contributed by atoms with Crippen LogP contribution in [0.1, 0.15) is 32.1 Å². The minimum absolute atomic E-state index is 0.352. The lowest BCUT2D eigenvalue weighted by Crippen LogP contribution is -2.42. The van der Waals surface area contributed by atoms with Gasteiger partial charge in [0, 0.05) is 19.2 Å². The molecule has 0 aromatic heterocycles. The van der Waals surface area contributed by atoms with Crippen LogP contribution in [0.15, 0.2) is 0 Å². The van der Waals surface area contributed by atoms with Crippen molar-refractivity contribution in [3.8, 4) is 0 Å². The van der Waals surface area contributed by atoms with Gasteiger partial charge in [0.1, 0.15) is 9.84 Å². The van der Waals surface area contributed by atoms with Crippen molar-refractivity contribution in [3.63, 3.8) is 0 Å². The predicted molar refractivity (Wildman–Crippen MR) is 63.2 cm³/mol. The van der Waals surface area contributed by atoms with Crippen LogP contribution in [0.25, 0.3) is 0 Å². The Hall–Kier alpha value is -0.130. The Kier molecular flexibility index (Phi) is 3.87. The van der Waals surface area contributed by atoms with E-state index in [1.54, 1.807) is 7.11 Å². The minimum atomic E-state index is -2.73. The van der Waals surface area contributed by atoms with Crippen LogP contribution in [0.3, 0.4) is 0 Å². The number of ether oxygens (including phenoxy) is 1. The summed E-state index contributed by atoms with van der Waals surface area (Å²) in [4.78, 5) is 0. The predicted octanol–water partition coefficient (Wildman–Crippen LogP) is 0.721. The van der Waals surface area contributed by atoms with Crippen molar-refractivity contribution >= 4 is 9.84 Å². The van der Waals surface area contributed by atoms with Crippen molar-refractivity contribution < 1.29 is 13.2 Å². The van der Waals surface area contributed by atoms with Gasteiger partial charge in [0.05, 0.1) is 17.6 Å². The fraction of sp³-hybridized carbons (Fsp3) is 1.00. The first-order valence-corrected chi connectivity index (χ1v) is 7.90. The fourth-order valence-corrected chi connectivity index (χ4v) is 4.19. The summed E-state index contributed by atoms with van der Waals surface area (Å²) in [5.74, 6) is 0.705. The molecular weight excluding hydrogens is 226 g/mol. The molecule has 94 valence electrons. The molecule has 0 radical (unpaired) electrons. The first-order valence-electron chi connectivity index (χ1n) is 6.08. The Labute approximate surface area is 97.7 Å². The second kappa shape index (κ2) is 5.02. The summed E-state index contributed by atoms with van der Waals surface area (Å²) >= 11 is 0. The van der Waals surface area contributed by atoms with Gasteiger partial charge in [-0.3, -0.25) is 0 Å². The molecule has 1 aliphatic heterocycles. The maximum absolute atomic E-state index is 11.3. The highest BCUT2D eigenvalue weighted by Gasteiger charge is 2.29. The SMILES string of the molecule is COC1CCC(NC2CCS(=O)(=O)CC2)C1. The van der Waals surface area contributed by atoms with E-state index < -0.39 is 9.84 Å². The maximum atomic E-state index is 11.3. The van der Waals surface area contributed by atoms with Gasteiger partial charge in [0.15, 0.2) is 0 Å². The molecule has 1 saturated heterocycles. The average Bonchev–Trinajstić information content (AvgIpc) is 2.69. The Morgan fingerprint density at radius 1 is 1.06 bits per heavy atom. The number of rotatable bonds is 3. The molecule has 16 heavy (non-hydrogen) atoms. The van der Waals surface area contributed by atoms with Crippen molar-refractivity contribution in [1.82, 2.24) is 5.32 Å². The van der Waals surface area contributed by atoms with E-state index >= 15 is 0 Å². The van der Waals surface area contributed by atoms with Gasteiger partial charge in [-0.25, -0.2) is 8.42 Å². The lowest BCUT2D eigenvalue weighted by molar-refractivity contribution is 0.106. The summed E-state index contributed by atoms with van der Waals surface area (Å²) in [6.45, 7) is 0. The molecule has 2 rings (SSSR count). The molecular formula is C11H21NO3S. The molecule has 2 aliphatic rings. The van der Waals surface area contributed by atoms with Gasteiger partial charge in [-0.2, -0.15) is 0 Å². The van der Waals surface area contributed by atoms with Crippen LogP contribution in [0, 0.1) is 0 Å². The highest BCUT2D eigenvalue weighted by molar-refractivity contribution is 7.91. The molecule has 0 spiro atoms. The summed E-state index contributed by atoms with van der Waals surface area (Å²) in [6, 6.07) is 0.917. The third kappa shape index (κ3) is 3.18. The van der Waals surface area contributed by atoms with Crippen molar-refractivity contribution in [2.24, 2.45) is 0 Å². The monoisotopic (exact) mass is 247 g/mol. The standard InChI is InChI=1S/C11H21NO3S/c1-15-11-3-2-10(8-11)12-9-4-6-16(13,14)7-5-9/h9-12H,2-8H2,1H3. The van der Waals surface area contributed by atoms with E-state index in [0.717, 1.165) is 32.1 Å². The van der Waals surface area contributed by atoms with Gasteiger partial charge in [0.25, 0.3) is 0 Å². The second-order valence-electron chi connectivity index (χ2n) is 4.96. The normalized spacial score (nSPS) is 35.3.